The largest absolute Gasteiger partial charge is 0.496 e. The normalized spacial score (nSPS) is 15.6. The summed E-state index contributed by atoms with van der Waals surface area (Å²) < 4.78 is 10.8. The fourth-order valence-electron chi connectivity index (χ4n) is 2.76. The van der Waals surface area contributed by atoms with Crippen molar-refractivity contribution in [2.24, 2.45) is 0 Å². The third-order valence-electron chi connectivity index (χ3n) is 4.11. The van der Waals surface area contributed by atoms with Crippen LogP contribution in [0.5, 0.6) is 5.75 Å². The van der Waals surface area contributed by atoms with Gasteiger partial charge in [-0.3, -0.25) is 4.79 Å². The Hall–Kier alpha value is -2.49. The summed E-state index contributed by atoms with van der Waals surface area (Å²) in [5.41, 5.74) is 0.893. The van der Waals surface area contributed by atoms with E-state index in [-0.39, 0.29) is 11.9 Å². The van der Waals surface area contributed by atoms with Crippen LogP contribution in [0.2, 0.25) is 0 Å². The highest BCUT2D eigenvalue weighted by Gasteiger charge is 2.36. The number of carbonyl (C=O) groups excluding carboxylic acids is 1. The maximum absolute atomic E-state index is 12.7. The monoisotopic (exact) mass is 311 g/mol. The maximum atomic E-state index is 12.7. The minimum absolute atomic E-state index is 0.00214. The molecule has 1 aromatic heterocycles. The molecule has 1 aromatic carbocycles. The van der Waals surface area contributed by atoms with E-state index in [2.05, 4.69) is 0 Å². The quantitative estimate of drug-likeness (QED) is 0.756. The first-order valence-corrected chi connectivity index (χ1v) is 7.87. The van der Waals surface area contributed by atoms with Crippen LogP contribution in [0.1, 0.15) is 37.1 Å². The summed E-state index contributed by atoms with van der Waals surface area (Å²) in [6.45, 7) is 2.01. The van der Waals surface area contributed by atoms with E-state index in [1.807, 2.05) is 54.3 Å². The number of para-hydroxylation sites is 1. The molecule has 4 heteroatoms. The van der Waals surface area contributed by atoms with Crippen LogP contribution in [0, 0.1) is 0 Å². The molecule has 0 aliphatic heterocycles. The Morgan fingerprint density at radius 3 is 2.74 bits per heavy atom. The van der Waals surface area contributed by atoms with Crippen LogP contribution in [0.15, 0.2) is 53.2 Å². The van der Waals surface area contributed by atoms with Gasteiger partial charge in [-0.2, -0.15) is 0 Å². The zero-order valence-corrected chi connectivity index (χ0v) is 13.4. The van der Waals surface area contributed by atoms with Crippen molar-refractivity contribution in [3.05, 3.63) is 60.1 Å². The van der Waals surface area contributed by atoms with Crippen molar-refractivity contribution in [2.45, 2.75) is 31.8 Å². The standard InChI is InChI=1S/C19H21NO3/c1-14(17-8-5-13-23-17)20(16-10-11-16)19(21)12-9-15-6-3-4-7-18(15)22-2/h3-9,12-14,16H,10-11H2,1-2H3. The van der Waals surface area contributed by atoms with Crippen LogP contribution in [0.25, 0.3) is 6.08 Å². The van der Waals surface area contributed by atoms with E-state index in [9.17, 15) is 4.79 Å². The highest BCUT2D eigenvalue weighted by Crippen LogP contribution is 2.34. The van der Waals surface area contributed by atoms with Crippen molar-refractivity contribution in [2.75, 3.05) is 7.11 Å². The Morgan fingerprint density at radius 2 is 2.09 bits per heavy atom. The summed E-state index contributed by atoms with van der Waals surface area (Å²) in [6.07, 6.45) is 7.19. The number of rotatable bonds is 6. The predicted octanol–water partition coefficient (Wildman–Crippen LogP) is 4.05. The van der Waals surface area contributed by atoms with Gasteiger partial charge >= 0.3 is 0 Å². The zero-order valence-electron chi connectivity index (χ0n) is 13.4. The fraction of sp³-hybridized carbons (Fsp3) is 0.316. The second kappa shape index (κ2) is 6.73. The van der Waals surface area contributed by atoms with Crippen LogP contribution in [0.3, 0.4) is 0 Å². The molecule has 23 heavy (non-hydrogen) atoms. The van der Waals surface area contributed by atoms with Gasteiger partial charge in [0.1, 0.15) is 11.5 Å². The van der Waals surface area contributed by atoms with Gasteiger partial charge in [-0.05, 0) is 44.0 Å². The van der Waals surface area contributed by atoms with Gasteiger partial charge in [-0.15, -0.1) is 0 Å². The average molecular weight is 311 g/mol. The molecule has 1 amide bonds. The molecule has 0 N–H and O–H groups in total. The van der Waals surface area contributed by atoms with Crippen LogP contribution < -0.4 is 4.74 Å². The molecule has 1 atom stereocenters. The first-order valence-electron chi connectivity index (χ1n) is 7.87. The van der Waals surface area contributed by atoms with Gasteiger partial charge in [-0.1, -0.05) is 18.2 Å². The number of hydrogen-bond acceptors (Lipinski definition) is 3. The van der Waals surface area contributed by atoms with E-state index in [0.717, 1.165) is 29.9 Å². The lowest BCUT2D eigenvalue weighted by atomic mass is 10.1. The number of furan rings is 1. The molecule has 0 saturated heterocycles. The van der Waals surface area contributed by atoms with E-state index in [4.69, 9.17) is 9.15 Å². The van der Waals surface area contributed by atoms with E-state index in [1.165, 1.54) is 0 Å². The summed E-state index contributed by atoms with van der Waals surface area (Å²) >= 11 is 0. The van der Waals surface area contributed by atoms with Crippen LogP contribution in [0.4, 0.5) is 0 Å². The van der Waals surface area contributed by atoms with Gasteiger partial charge in [0.25, 0.3) is 0 Å². The smallest absolute Gasteiger partial charge is 0.247 e. The molecule has 1 saturated carbocycles. The molecule has 1 heterocycles. The SMILES string of the molecule is COc1ccccc1C=CC(=O)N(C1CC1)C(C)c1ccco1. The number of nitrogens with zero attached hydrogens (tertiary/aromatic N) is 1. The lowest BCUT2D eigenvalue weighted by Gasteiger charge is -2.26. The van der Waals surface area contributed by atoms with Gasteiger partial charge in [0.2, 0.25) is 5.91 Å². The maximum Gasteiger partial charge on any atom is 0.247 e. The van der Waals surface area contributed by atoms with Crippen LogP contribution >= 0.6 is 0 Å². The van der Waals surface area contributed by atoms with E-state index >= 15 is 0 Å². The molecule has 0 radical (unpaired) electrons. The summed E-state index contributed by atoms with van der Waals surface area (Å²) in [6, 6.07) is 11.7. The molecule has 0 spiro atoms. The van der Waals surface area contributed by atoms with Crippen molar-refractivity contribution < 1.29 is 13.9 Å². The average Bonchev–Trinajstić information content (AvgIpc) is 3.24. The molecule has 1 aliphatic rings. The van der Waals surface area contributed by atoms with E-state index in [1.54, 1.807) is 19.4 Å². The Labute approximate surface area is 136 Å². The predicted molar refractivity (Wildman–Crippen MR) is 89.0 cm³/mol. The van der Waals surface area contributed by atoms with Crippen molar-refractivity contribution in [1.29, 1.82) is 0 Å². The van der Waals surface area contributed by atoms with Gasteiger partial charge in [0, 0.05) is 17.7 Å². The number of ether oxygens (including phenoxy) is 1. The molecule has 1 fully saturated rings. The second-order valence-corrected chi connectivity index (χ2v) is 5.74. The molecule has 2 aromatic rings. The topological polar surface area (TPSA) is 42.7 Å². The van der Waals surface area contributed by atoms with Gasteiger partial charge in [-0.25, -0.2) is 0 Å². The highest BCUT2D eigenvalue weighted by molar-refractivity contribution is 5.92. The molecular weight excluding hydrogens is 290 g/mol. The van der Waals surface area contributed by atoms with Gasteiger partial charge in [0.05, 0.1) is 19.4 Å². The molecule has 3 rings (SSSR count). The van der Waals surface area contributed by atoms with Gasteiger partial charge in [0.15, 0.2) is 0 Å². The summed E-state index contributed by atoms with van der Waals surface area (Å²) in [5.74, 6) is 1.58. The Morgan fingerprint density at radius 1 is 1.30 bits per heavy atom. The minimum atomic E-state index is -0.0627. The highest BCUT2D eigenvalue weighted by atomic mass is 16.5. The Balaban J connectivity index is 1.78. The van der Waals surface area contributed by atoms with Crippen molar-refractivity contribution in [1.82, 2.24) is 4.90 Å². The summed E-state index contributed by atoms with van der Waals surface area (Å²) in [4.78, 5) is 14.6. The molecular formula is C19H21NO3. The molecule has 1 unspecified atom stereocenters. The third-order valence-corrected chi connectivity index (χ3v) is 4.11. The first-order chi connectivity index (χ1) is 11.2. The van der Waals surface area contributed by atoms with Crippen LogP contribution in [-0.2, 0) is 4.79 Å². The van der Waals surface area contributed by atoms with Crippen molar-refractivity contribution in [3.8, 4) is 5.75 Å². The molecule has 0 bridgehead atoms. The summed E-state index contributed by atoms with van der Waals surface area (Å²) in [7, 11) is 1.63. The number of amides is 1. The fourth-order valence-corrected chi connectivity index (χ4v) is 2.76. The zero-order chi connectivity index (χ0) is 16.2. The minimum Gasteiger partial charge on any atom is -0.496 e. The van der Waals surface area contributed by atoms with E-state index < -0.39 is 0 Å². The molecule has 1 aliphatic carbocycles. The molecule has 120 valence electrons. The van der Waals surface area contributed by atoms with Crippen LogP contribution in [-0.4, -0.2) is 24.0 Å². The summed E-state index contributed by atoms with van der Waals surface area (Å²) in [5, 5.41) is 0. The van der Waals surface area contributed by atoms with Crippen molar-refractivity contribution >= 4 is 12.0 Å². The van der Waals surface area contributed by atoms with Crippen molar-refractivity contribution in [3.63, 3.8) is 0 Å². The van der Waals surface area contributed by atoms with Gasteiger partial charge < -0.3 is 14.1 Å². The first kappa shape index (κ1) is 15.4. The number of hydrogen-bond donors (Lipinski definition) is 0. The lowest BCUT2D eigenvalue weighted by Crippen LogP contribution is -2.34. The second-order valence-electron chi connectivity index (χ2n) is 5.74. The van der Waals surface area contributed by atoms with E-state index in [0.29, 0.717) is 6.04 Å². The number of benzene rings is 1. The Kier molecular flexibility index (Phi) is 4.51. The Bertz CT molecular complexity index is 686. The number of methoxy groups -OCH3 is 1. The lowest BCUT2D eigenvalue weighted by molar-refractivity contribution is -0.129. The molecule has 4 nitrogen and oxygen atoms in total. The number of carbonyl (C=O) groups is 1. The third kappa shape index (κ3) is 3.47.